The molecule has 2 N–H and O–H groups in total. The van der Waals surface area contributed by atoms with E-state index in [2.05, 4.69) is 24.5 Å². The van der Waals surface area contributed by atoms with E-state index < -0.39 is 0 Å². The molecule has 1 amide bonds. The monoisotopic (exact) mass is 268 g/mol. The van der Waals surface area contributed by atoms with Gasteiger partial charge in [-0.1, -0.05) is 26.7 Å². The third kappa shape index (κ3) is 4.18. The van der Waals surface area contributed by atoms with Crippen LogP contribution in [-0.2, 0) is 9.53 Å². The molecule has 4 heteroatoms. The van der Waals surface area contributed by atoms with E-state index in [4.69, 9.17) is 4.74 Å². The van der Waals surface area contributed by atoms with Crippen LogP contribution in [0.1, 0.15) is 52.4 Å². The molecule has 0 radical (unpaired) electrons. The van der Waals surface area contributed by atoms with Gasteiger partial charge in [0.1, 0.15) is 0 Å². The van der Waals surface area contributed by atoms with Gasteiger partial charge in [0, 0.05) is 6.54 Å². The summed E-state index contributed by atoms with van der Waals surface area (Å²) in [5, 5.41) is 6.34. The molecule has 110 valence electrons. The molecule has 1 saturated heterocycles. The lowest BCUT2D eigenvalue weighted by atomic mass is 9.77. The van der Waals surface area contributed by atoms with Gasteiger partial charge in [-0.15, -0.1) is 0 Å². The molecule has 0 aromatic rings. The lowest BCUT2D eigenvalue weighted by molar-refractivity contribution is -0.127. The Morgan fingerprint density at radius 2 is 2.05 bits per heavy atom. The summed E-state index contributed by atoms with van der Waals surface area (Å²) in [7, 11) is 0. The van der Waals surface area contributed by atoms with Crippen molar-refractivity contribution in [1.82, 2.24) is 10.6 Å². The van der Waals surface area contributed by atoms with Crippen LogP contribution in [0.3, 0.4) is 0 Å². The van der Waals surface area contributed by atoms with Crippen LogP contribution < -0.4 is 10.6 Å². The van der Waals surface area contributed by atoms with E-state index in [1.807, 2.05) is 0 Å². The average molecular weight is 268 g/mol. The fourth-order valence-corrected chi connectivity index (χ4v) is 3.22. The molecular formula is C15H28N2O2. The summed E-state index contributed by atoms with van der Waals surface area (Å²) in [5.74, 6) is 0.125. The van der Waals surface area contributed by atoms with Crippen LogP contribution in [-0.4, -0.2) is 37.7 Å². The summed E-state index contributed by atoms with van der Waals surface area (Å²) in [6.07, 6.45) is 7.64. The molecular weight excluding hydrogens is 240 g/mol. The predicted molar refractivity (Wildman–Crippen MR) is 76.0 cm³/mol. The van der Waals surface area contributed by atoms with E-state index in [9.17, 15) is 4.79 Å². The minimum Gasteiger partial charge on any atom is -0.376 e. The summed E-state index contributed by atoms with van der Waals surface area (Å²) in [6.45, 7) is 6.55. The highest BCUT2D eigenvalue weighted by molar-refractivity contribution is 5.82. The lowest BCUT2D eigenvalue weighted by Crippen LogP contribution is -2.55. The van der Waals surface area contributed by atoms with Gasteiger partial charge in [-0.2, -0.15) is 0 Å². The second-order valence-electron chi connectivity index (χ2n) is 6.55. The molecule has 2 aliphatic rings. The van der Waals surface area contributed by atoms with Gasteiger partial charge in [-0.25, -0.2) is 0 Å². The Morgan fingerprint density at radius 1 is 1.32 bits per heavy atom. The van der Waals surface area contributed by atoms with Crippen molar-refractivity contribution in [3.05, 3.63) is 0 Å². The van der Waals surface area contributed by atoms with Crippen molar-refractivity contribution in [1.29, 1.82) is 0 Å². The molecule has 1 heterocycles. The second-order valence-corrected chi connectivity index (χ2v) is 6.55. The van der Waals surface area contributed by atoms with E-state index in [0.717, 1.165) is 19.4 Å². The molecule has 0 aromatic carbocycles. The Balaban J connectivity index is 1.65. The Morgan fingerprint density at radius 3 is 2.74 bits per heavy atom. The number of carbonyl (C=O) groups is 1. The van der Waals surface area contributed by atoms with Crippen LogP contribution in [0.15, 0.2) is 0 Å². The largest absolute Gasteiger partial charge is 0.376 e. The normalized spacial score (nSPS) is 27.4. The van der Waals surface area contributed by atoms with Crippen LogP contribution in [0.2, 0.25) is 0 Å². The molecule has 0 bridgehead atoms. The first-order valence-electron chi connectivity index (χ1n) is 7.72. The van der Waals surface area contributed by atoms with Crippen LogP contribution in [0.4, 0.5) is 0 Å². The van der Waals surface area contributed by atoms with Crippen molar-refractivity contribution in [2.24, 2.45) is 5.41 Å². The second kappa shape index (κ2) is 6.71. The van der Waals surface area contributed by atoms with Gasteiger partial charge in [0.25, 0.3) is 0 Å². The lowest BCUT2D eigenvalue weighted by Gasteiger charge is -2.38. The van der Waals surface area contributed by atoms with Crippen molar-refractivity contribution in [3.63, 3.8) is 0 Å². The SMILES string of the molecule is CC1(C)CCCNC1C(=O)NCCOC1CCCC1. The van der Waals surface area contributed by atoms with Crippen molar-refractivity contribution in [2.75, 3.05) is 19.7 Å². The van der Waals surface area contributed by atoms with Gasteiger partial charge in [-0.3, -0.25) is 4.79 Å². The summed E-state index contributed by atoms with van der Waals surface area (Å²) in [4.78, 5) is 12.2. The minimum atomic E-state index is -0.0623. The number of hydrogen-bond acceptors (Lipinski definition) is 3. The molecule has 1 atom stereocenters. The van der Waals surface area contributed by atoms with E-state index in [1.165, 1.54) is 25.7 Å². The summed E-state index contributed by atoms with van der Waals surface area (Å²) >= 11 is 0. The Bertz CT molecular complexity index is 299. The Labute approximate surface area is 116 Å². The Kier molecular flexibility index (Phi) is 5.22. The maximum Gasteiger partial charge on any atom is 0.237 e. The van der Waals surface area contributed by atoms with Crippen molar-refractivity contribution in [2.45, 2.75) is 64.5 Å². The molecule has 2 fully saturated rings. The quantitative estimate of drug-likeness (QED) is 0.748. The zero-order chi connectivity index (χ0) is 13.7. The maximum atomic E-state index is 12.2. The predicted octanol–water partition coefficient (Wildman–Crippen LogP) is 1.84. The van der Waals surface area contributed by atoms with Crippen LogP contribution >= 0.6 is 0 Å². The number of nitrogens with one attached hydrogen (secondary N) is 2. The summed E-state index contributed by atoms with van der Waals surface area (Å²) in [5.41, 5.74) is 0.0502. The maximum absolute atomic E-state index is 12.2. The number of ether oxygens (including phenoxy) is 1. The highest BCUT2D eigenvalue weighted by Gasteiger charge is 2.36. The van der Waals surface area contributed by atoms with Crippen LogP contribution in [0, 0.1) is 5.41 Å². The number of amides is 1. The van der Waals surface area contributed by atoms with Crippen molar-refractivity contribution in [3.8, 4) is 0 Å². The molecule has 1 aliphatic heterocycles. The molecule has 1 saturated carbocycles. The van der Waals surface area contributed by atoms with Crippen molar-refractivity contribution >= 4 is 5.91 Å². The average Bonchev–Trinajstić information content (AvgIpc) is 2.87. The van der Waals surface area contributed by atoms with Gasteiger partial charge < -0.3 is 15.4 Å². The molecule has 1 aliphatic carbocycles. The molecule has 0 spiro atoms. The summed E-state index contributed by atoms with van der Waals surface area (Å²) in [6, 6.07) is -0.0623. The highest BCUT2D eigenvalue weighted by Crippen LogP contribution is 2.30. The molecule has 4 nitrogen and oxygen atoms in total. The molecule has 1 unspecified atom stereocenters. The first-order chi connectivity index (χ1) is 9.09. The third-order valence-corrected chi connectivity index (χ3v) is 4.45. The number of carbonyl (C=O) groups excluding carboxylic acids is 1. The number of rotatable bonds is 5. The smallest absolute Gasteiger partial charge is 0.237 e. The third-order valence-electron chi connectivity index (χ3n) is 4.45. The zero-order valence-electron chi connectivity index (χ0n) is 12.3. The van der Waals surface area contributed by atoms with Crippen molar-refractivity contribution < 1.29 is 9.53 Å². The number of hydrogen-bond donors (Lipinski definition) is 2. The van der Waals surface area contributed by atoms with Gasteiger partial charge in [0.05, 0.1) is 18.8 Å². The number of piperidine rings is 1. The zero-order valence-corrected chi connectivity index (χ0v) is 12.3. The molecule has 19 heavy (non-hydrogen) atoms. The fraction of sp³-hybridized carbons (Fsp3) is 0.933. The van der Waals surface area contributed by atoms with E-state index >= 15 is 0 Å². The Hall–Kier alpha value is -0.610. The van der Waals surface area contributed by atoms with E-state index in [0.29, 0.717) is 19.3 Å². The standard InChI is InChI=1S/C15H28N2O2/c1-15(2)8-5-9-16-13(15)14(18)17-10-11-19-12-6-3-4-7-12/h12-13,16H,3-11H2,1-2H3,(H,17,18). The summed E-state index contributed by atoms with van der Waals surface area (Å²) < 4.78 is 5.76. The first kappa shape index (κ1) is 14.8. The van der Waals surface area contributed by atoms with Gasteiger partial charge >= 0.3 is 0 Å². The highest BCUT2D eigenvalue weighted by atomic mass is 16.5. The van der Waals surface area contributed by atoms with Gasteiger partial charge in [0.15, 0.2) is 0 Å². The molecule has 0 aromatic heterocycles. The van der Waals surface area contributed by atoms with Gasteiger partial charge in [0.2, 0.25) is 5.91 Å². The van der Waals surface area contributed by atoms with E-state index in [1.54, 1.807) is 0 Å². The first-order valence-corrected chi connectivity index (χ1v) is 7.72. The topological polar surface area (TPSA) is 50.4 Å². The molecule has 2 rings (SSSR count). The fourth-order valence-electron chi connectivity index (χ4n) is 3.22. The van der Waals surface area contributed by atoms with Crippen LogP contribution in [0.25, 0.3) is 0 Å². The van der Waals surface area contributed by atoms with E-state index in [-0.39, 0.29) is 17.4 Å². The van der Waals surface area contributed by atoms with Gasteiger partial charge in [-0.05, 0) is 37.6 Å². The minimum absolute atomic E-state index is 0.0502. The van der Waals surface area contributed by atoms with Crippen LogP contribution in [0.5, 0.6) is 0 Å².